The number of aromatic nitrogens is 2. The monoisotopic (exact) mass is 428 g/mol. The zero-order valence-corrected chi connectivity index (χ0v) is 18.2. The predicted molar refractivity (Wildman–Crippen MR) is 120 cm³/mol. The molecule has 1 aliphatic rings. The smallest absolute Gasteiger partial charge is 0.261 e. The fourth-order valence-corrected chi connectivity index (χ4v) is 5.17. The summed E-state index contributed by atoms with van der Waals surface area (Å²) in [4.78, 5) is 25.9. The van der Waals surface area contributed by atoms with Crippen molar-refractivity contribution < 1.29 is 4.79 Å². The number of anilines is 1. The summed E-state index contributed by atoms with van der Waals surface area (Å²) in [6.45, 7) is 4.58. The van der Waals surface area contributed by atoms with E-state index in [2.05, 4.69) is 20.2 Å². The maximum absolute atomic E-state index is 12.9. The van der Waals surface area contributed by atoms with Crippen molar-refractivity contribution in [2.24, 2.45) is 0 Å². The number of nitrogens with zero attached hydrogens (tertiary/aromatic N) is 3. The molecule has 0 atom stereocenters. The highest BCUT2D eigenvalue weighted by atomic mass is 35.5. The van der Waals surface area contributed by atoms with Gasteiger partial charge in [0.05, 0.1) is 10.3 Å². The Bertz CT molecular complexity index is 1010. The summed E-state index contributed by atoms with van der Waals surface area (Å²) >= 11 is 7.66. The molecule has 0 unspecified atom stereocenters. The Balaban J connectivity index is 1.53. The van der Waals surface area contributed by atoms with E-state index in [0.29, 0.717) is 13.0 Å². The van der Waals surface area contributed by atoms with Gasteiger partial charge in [-0.25, -0.2) is 9.97 Å². The Labute approximate surface area is 180 Å². The molecule has 2 aromatic heterocycles. The van der Waals surface area contributed by atoms with Gasteiger partial charge in [-0.1, -0.05) is 42.6 Å². The van der Waals surface area contributed by atoms with Crippen molar-refractivity contribution in [3.05, 3.63) is 51.6 Å². The normalized spacial score (nSPS) is 14.8. The predicted octanol–water partition coefficient (Wildman–Crippen LogP) is 5.01. The average molecular weight is 429 g/mol. The van der Waals surface area contributed by atoms with Gasteiger partial charge >= 0.3 is 0 Å². The Kier molecular flexibility index (Phi) is 6.31. The summed E-state index contributed by atoms with van der Waals surface area (Å²) in [7, 11) is 0. The second-order valence-electron chi connectivity index (χ2n) is 7.43. The van der Waals surface area contributed by atoms with Crippen LogP contribution in [0.4, 0.5) is 5.82 Å². The van der Waals surface area contributed by atoms with Crippen LogP contribution in [0.5, 0.6) is 0 Å². The van der Waals surface area contributed by atoms with Gasteiger partial charge in [-0.05, 0) is 43.4 Å². The van der Waals surface area contributed by atoms with Gasteiger partial charge < -0.3 is 10.2 Å². The van der Waals surface area contributed by atoms with E-state index in [1.165, 1.54) is 37.0 Å². The van der Waals surface area contributed by atoms with Gasteiger partial charge in [0.25, 0.3) is 5.91 Å². The number of fused-ring (bicyclic) bond motifs is 1. The zero-order chi connectivity index (χ0) is 20.2. The molecule has 5 nitrogen and oxygen atoms in total. The minimum atomic E-state index is -0.0561. The van der Waals surface area contributed by atoms with Crippen LogP contribution in [0.25, 0.3) is 10.2 Å². The Morgan fingerprint density at radius 3 is 2.69 bits per heavy atom. The van der Waals surface area contributed by atoms with Gasteiger partial charge in [-0.15, -0.1) is 11.3 Å². The summed E-state index contributed by atoms with van der Waals surface area (Å²) in [5.41, 5.74) is 2.01. The largest absolute Gasteiger partial charge is 0.356 e. The molecule has 1 aromatic carbocycles. The van der Waals surface area contributed by atoms with E-state index in [1.807, 2.05) is 31.2 Å². The molecule has 3 heterocycles. The van der Waals surface area contributed by atoms with Gasteiger partial charge in [0.1, 0.15) is 17.0 Å². The lowest BCUT2D eigenvalue weighted by Gasteiger charge is -2.22. The summed E-state index contributed by atoms with van der Waals surface area (Å²) in [5.74, 6) is 0.917. The summed E-state index contributed by atoms with van der Waals surface area (Å²) in [5, 5.41) is 4.79. The first-order valence-electron chi connectivity index (χ1n) is 10.2. The van der Waals surface area contributed by atoms with Crippen molar-refractivity contribution in [3.63, 3.8) is 0 Å². The molecule has 0 saturated carbocycles. The Morgan fingerprint density at radius 2 is 1.93 bits per heavy atom. The van der Waals surface area contributed by atoms with Gasteiger partial charge in [0.15, 0.2) is 0 Å². The van der Waals surface area contributed by atoms with Crippen LogP contribution in [-0.2, 0) is 6.42 Å². The number of rotatable bonds is 5. The fourth-order valence-electron chi connectivity index (χ4n) is 3.88. The van der Waals surface area contributed by atoms with Gasteiger partial charge in [-0.3, -0.25) is 4.79 Å². The first-order valence-corrected chi connectivity index (χ1v) is 11.3. The SMILES string of the molecule is Cc1c(C(=O)NCCc2ccccc2Cl)sc2ncnc(N3CCCCCC3)c12. The summed E-state index contributed by atoms with van der Waals surface area (Å²) in [6, 6.07) is 7.73. The van der Waals surface area contributed by atoms with Crippen molar-refractivity contribution in [2.45, 2.75) is 39.0 Å². The summed E-state index contributed by atoms with van der Waals surface area (Å²) < 4.78 is 0. The van der Waals surface area contributed by atoms with Crippen LogP contribution < -0.4 is 10.2 Å². The first kappa shape index (κ1) is 20.1. The molecule has 4 rings (SSSR count). The molecule has 3 aromatic rings. The van der Waals surface area contributed by atoms with Crippen molar-refractivity contribution in [1.82, 2.24) is 15.3 Å². The minimum Gasteiger partial charge on any atom is -0.356 e. The second-order valence-corrected chi connectivity index (χ2v) is 8.84. The molecule has 1 amide bonds. The topological polar surface area (TPSA) is 58.1 Å². The van der Waals surface area contributed by atoms with Crippen LogP contribution in [0.2, 0.25) is 5.02 Å². The lowest BCUT2D eigenvalue weighted by molar-refractivity contribution is 0.0957. The number of thiophene rings is 1. The Hall–Kier alpha value is -2.18. The molecule has 152 valence electrons. The summed E-state index contributed by atoms with van der Waals surface area (Å²) in [6.07, 6.45) is 7.23. The third kappa shape index (κ3) is 4.38. The highest BCUT2D eigenvalue weighted by molar-refractivity contribution is 7.20. The minimum absolute atomic E-state index is 0.0561. The number of nitrogens with one attached hydrogen (secondary N) is 1. The van der Waals surface area contributed by atoms with E-state index < -0.39 is 0 Å². The van der Waals surface area contributed by atoms with E-state index in [1.54, 1.807) is 6.33 Å². The highest BCUT2D eigenvalue weighted by Crippen LogP contribution is 2.35. The van der Waals surface area contributed by atoms with E-state index in [9.17, 15) is 4.79 Å². The number of amides is 1. The molecule has 1 N–H and O–H groups in total. The van der Waals surface area contributed by atoms with Crippen LogP contribution in [-0.4, -0.2) is 35.5 Å². The first-order chi connectivity index (χ1) is 14.1. The Morgan fingerprint density at radius 1 is 1.17 bits per heavy atom. The molecule has 1 fully saturated rings. The maximum Gasteiger partial charge on any atom is 0.261 e. The van der Waals surface area contributed by atoms with Crippen LogP contribution in [0.1, 0.15) is 46.5 Å². The maximum atomic E-state index is 12.9. The number of hydrogen-bond donors (Lipinski definition) is 1. The van der Waals surface area contributed by atoms with Crippen molar-refractivity contribution in [3.8, 4) is 0 Å². The molecule has 29 heavy (non-hydrogen) atoms. The average Bonchev–Trinajstić information content (AvgIpc) is 2.90. The molecular weight excluding hydrogens is 404 g/mol. The van der Waals surface area contributed by atoms with E-state index in [-0.39, 0.29) is 5.91 Å². The fraction of sp³-hybridized carbons (Fsp3) is 0.409. The van der Waals surface area contributed by atoms with Crippen molar-refractivity contribution in [2.75, 3.05) is 24.5 Å². The molecule has 1 saturated heterocycles. The van der Waals surface area contributed by atoms with E-state index in [4.69, 9.17) is 11.6 Å². The lowest BCUT2D eigenvalue weighted by Crippen LogP contribution is -2.26. The van der Waals surface area contributed by atoms with E-state index >= 15 is 0 Å². The molecule has 0 spiro atoms. The van der Waals surface area contributed by atoms with Gasteiger partial charge in [-0.2, -0.15) is 0 Å². The van der Waals surface area contributed by atoms with Crippen LogP contribution in [0, 0.1) is 6.92 Å². The number of benzene rings is 1. The van der Waals surface area contributed by atoms with Crippen molar-refractivity contribution >= 4 is 44.9 Å². The standard InChI is InChI=1S/C22H25ClN4OS/c1-15-18-20(27-12-6-2-3-7-13-27)25-14-26-22(18)29-19(15)21(28)24-11-10-16-8-4-5-9-17(16)23/h4-5,8-9,14H,2-3,6-7,10-13H2,1H3,(H,24,28). The molecule has 1 aliphatic heterocycles. The van der Waals surface area contributed by atoms with Crippen molar-refractivity contribution in [1.29, 1.82) is 0 Å². The zero-order valence-electron chi connectivity index (χ0n) is 16.6. The van der Waals surface area contributed by atoms with Gasteiger partial charge in [0.2, 0.25) is 0 Å². The molecule has 0 aliphatic carbocycles. The number of carbonyl (C=O) groups is 1. The number of hydrogen-bond acceptors (Lipinski definition) is 5. The molecule has 7 heteroatoms. The second kappa shape index (κ2) is 9.09. The van der Waals surface area contributed by atoms with Crippen LogP contribution >= 0.6 is 22.9 Å². The molecular formula is C22H25ClN4OS. The van der Waals surface area contributed by atoms with Crippen LogP contribution in [0.3, 0.4) is 0 Å². The van der Waals surface area contributed by atoms with Crippen LogP contribution in [0.15, 0.2) is 30.6 Å². The highest BCUT2D eigenvalue weighted by Gasteiger charge is 2.22. The third-order valence-corrected chi connectivity index (χ3v) is 7.02. The van der Waals surface area contributed by atoms with Gasteiger partial charge in [0, 0.05) is 24.7 Å². The lowest BCUT2D eigenvalue weighted by atomic mass is 10.1. The molecule has 0 radical (unpaired) electrons. The number of carbonyl (C=O) groups excluding carboxylic acids is 1. The molecule has 0 bridgehead atoms. The van der Waals surface area contributed by atoms with E-state index in [0.717, 1.165) is 50.2 Å². The number of aryl methyl sites for hydroxylation is 1. The number of halogens is 1. The quantitative estimate of drug-likeness (QED) is 0.620. The third-order valence-electron chi connectivity index (χ3n) is 5.46.